The minimum Gasteiger partial charge on any atom is -0.397 e. The van der Waals surface area contributed by atoms with Gasteiger partial charge in [-0.25, -0.2) is 0 Å². The number of aryl methyl sites for hydroxylation is 2. The summed E-state index contributed by atoms with van der Waals surface area (Å²) in [5.74, 6) is 0. The number of nitrogens with zero attached hydrogens (tertiary/aromatic N) is 3. The zero-order chi connectivity index (χ0) is 14.3. The van der Waals surface area contributed by atoms with E-state index in [0.717, 1.165) is 22.2 Å². The molecule has 2 heterocycles. The molecular weight excluding hydrogens is 248 g/mol. The van der Waals surface area contributed by atoms with Crippen molar-refractivity contribution < 1.29 is 0 Å². The van der Waals surface area contributed by atoms with Crippen LogP contribution in [0.2, 0.25) is 0 Å². The molecule has 2 aromatic heterocycles. The van der Waals surface area contributed by atoms with Crippen LogP contribution in [0.3, 0.4) is 0 Å². The molecule has 0 radical (unpaired) electrons. The zero-order valence-electron chi connectivity index (χ0n) is 11.4. The molecule has 0 unspecified atom stereocenters. The molecule has 0 aliphatic rings. The highest BCUT2D eigenvalue weighted by atomic mass is 15.0. The number of nitrogens with two attached hydrogens (primary N) is 1. The fraction of sp³-hybridized carbons (Fsp3) is 0.125. The summed E-state index contributed by atoms with van der Waals surface area (Å²) >= 11 is 0. The van der Waals surface area contributed by atoms with Crippen molar-refractivity contribution >= 4 is 16.6 Å². The Kier molecular flexibility index (Phi) is 2.69. The Morgan fingerprint density at radius 3 is 2.75 bits per heavy atom. The minimum absolute atomic E-state index is 0.591. The van der Waals surface area contributed by atoms with E-state index in [1.54, 1.807) is 12.4 Å². The fourth-order valence-corrected chi connectivity index (χ4v) is 2.58. The molecule has 0 bridgehead atoms. The van der Waals surface area contributed by atoms with E-state index in [1.165, 1.54) is 5.56 Å². The molecule has 0 aliphatic heterocycles. The number of anilines is 1. The Bertz CT molecular complexity index is 853. The standard InChI is InChI=1S/C16H14N4/c1-10-3-4-13-14(7-17)16(20(2)15(13)5-10)11-6-12(18)9-19-8-11/h3-6,8-9H,18H2,1-2H3. The van der Waals surface area contributed by atoms with Crippen molar-refractivity contribution in [1.29, 1.82) is 5.26 Å². The number of aromatic nitrogens is 2. The first-order valence-electron chi connectivity index (χ1n) is 6.32. The van der Waals surface area contributed by atoms with Crippen LogP contribution in [0.25, 0.3) is 22.2 Å². The van der Waals surface area contributed by atoms with E-state index in [0.29, 0.717) is 11.3 Å². The van der Waals surface area contributed by atoms with Crippen molar-refractivity contribution in [2.75, 3.05) is 5.73 Å². The largest absolute Gasteiger partial charge is 0.397 e. The van der Waals surface area contributed by atoms with Gasteiger partial charge >= 0.3 is 0 Å². The number of nitrogen functional groups attached to an aromatic ring is 1. The van der Waals surface area contributed by atoms with Crippen molar-refractivity contribution in [3.63, 3.8) is 0 Å². The van der Waals surface area contributed by atoms with Crippen molar-refractivity contribution in [1.82, 2.24) is 9.55 Å². The van der Waals surface area contributed by atoms with Gasteiger partial charge in [-0.05, 0) is 24.6 Å². The summed E-state index contributed by atoms with van der Waals surface area (Å²) in [6.45, 7) is 2.04. The van der Waals surface area contributed by atoms with Crippen LogP contribution in [0, 0.1) is 18.3 Å². The molecule has 20 heavy (non-hydrogen) atoms. The number of benzene rings is 1. The van der Waals surface area contributed by atoms with Gasteiger partial charge in [0.05, 0.1) is 16.9 Å². The average Bonchev–Trinajstić information content (AvgIpc) is 2.71. The molecule has 3 aromatic rings. The lowest BCUT2D eigenvalue weighted by Crippen LogP contribution is -1.95. The molecule has 1 aromatic carbocycles. The lowest BCUT2D eigenvalue weighted by atomic mass is 10.1. The Balaban J connectivity index is 2.42. The molecule has 4 heteroatoms. The Morgan fingerprint density at radius 2 is 2.05 bits per heavy atom. The number of pyridine rings is 1. The molecule has 98 valence electrons. The Morgan fingerprint density at radius 1 is 1.25 bits per heavy atom. The monoisotopic (exact) mass is 262 g/mol. The van der Waals surface area contributed by atoms with Crippen LogP contribution in [-0.2, 0) is 7.05 Å². The fourth-order valence-electron chi connectivity index (χ4n) is 2.58. The van der Waals surface area contributed by atoms with Gasteiger partial charge in [-0.2, -0.15) is 5.26 Å². The minimum atomic E-state index is 0.591. The Hall–Kier alpha value is -2.80. The number of rotatable bonds is 1. The summed E-state index contributed by atoms with van der Waals surface area (Å²) in [6, 6.07) is 10.2. The van der Waals surface area contributed by atoms with Crippen LogP contribution in [0.15, 0.2) is 36.7 Å². The van der Waals surface area contributed by atoms with E-state index >= 15 is 0 Å². The first-order chi connectivity index (χ1) is 9.61. The lowest BCUT2D eigenvalue weighted by molar-refractivity contribution is 0.974. The second kappa shape index (κ2) is 4.39. The molecule has 0 amide bonds. The summed E-state index contributed by atoms with van der Waals surface area (Å²) in [5, 5.41) is 10.5. The van der Waals surface area contributed by atoms with E-state index in [1.807, 2.05) is 36.7 Å². The van der Waals surface area contributed by atoms with Gasteiger partial charge in [0.25, 0.3) is 0 Å². The van der Waals surface area contributed by atoms with Gasteiger partial charge in [-0.1, -0.05) is 12.1 Å². The molecule has 0 saturated carbocycles. The van der Waals surface area contributed by atoms with Crippen LogP contribution in [0.5, 0.6) is 0 Å². The third kappa shape index (κ3) is 1.72. The highest BCUT2D eigenvalue weighted by molar-refractivity contribution is 5.94. The third-order valence-corrected chi connectivity index (χ3v) is 3.50. The molecule has 0 aliphatic carbocycles. The maximum absolute atomic E-state index is 9.51. The van der Waals surface area contributed by atoms with Gasteiger partial charge in [0.2, 0.25) is 0 Å². The van der Waals surface area contributed by atoms with E-state index < -0.39 is 0 Å². The number of nitriles is 1. The average molecular weight is 262 g/mol. The van der Waals surface area contributed by atoms with Crippen molar-refractivity contribution in [2.45, 2.75) is 6.92 Å². The zero-order valence-corrected chi connectivity index (χ0v) is 11.4. The number of hydrogen-bond donors (Lipinski definition) is 1. The molecular formula is C16H14N4. The van der Waals surface area contributed by atoms with Crippen molar-refractivity contribution in [3.05, 3.63) is 47.8 Å². The summed E-state index contributed by atoms with van der Waals surface area (Å²) < 4.78 is 2.03. The first kappa shape index (κ1) is 12.2. The normalized spacial score (nSPS) is 10.7. The van der Waals surface area contributed by atoms with Crippen LogP contribution < -0.4 is 5.73 Å². The quantitative estimate of drug-likeness (QED) is 0.733. The number of fused-ring (bicyclic) bond motifs is 1. The molecule has 0 spiro atoms. The maximum Gasteiger partial charge on any atom is 0.102 e. The predicted molar refractivity (Wildman–Crippen MR) is 80.0 cm³/mol. The second-order valence-corrected chi connectivity index (χ2v) is 4.92. The summed E-state index contributed by atoms with van der Waals surface area (Å²) in [4.78, 5) is 4.12. The van der Waals surface area contributed by atoms with Gasteiger partial charge in [0, 0.05) is 35.9 Å². The van der Waals surface area contributed by atoms with Crippen LogP contribution >= 0.6 is 0 Å². The van der Waals surface area contributed by atoms with E-state index in [2.05, 4.69) is 17.1 Å². The van der Waals surface area contributed by atoms with Gasteiger partial charge in [0.1, 0.15) is 6.07 Å². The van der Waals surface area contributed by atoms with Crippen molar-refractivity contribution in [3.8, 4) is 17.3 Å². The lowest BCUT2D eigenvalue weighted by Gasteiger charge is -2.05. The summed E-state index contributed by atoms with van der Waals surface area (Å²) in [5.41, 5.74) is 11.0. The van der Waals surface area contributed by atoms with Crippen LogP contribution in [0.1, 0.15) is 11.1 Å². The van der Waals surface area contributed by atoms with Gasteiger partial charge in [-0.15, -0.1) is 0 Å². The van der Waals surface area contributed by atoms with Gasteiger partial charge < -0.3 is 10.3 Å². The number of hydrogen-bond acceptors (Lipinski definition) is 3. The summed E-state index contributed by atoms with van der Waals surface area (Å²) in [6.07, 6.45) is 3.33. The van der Waals surface area contributed by atoms with E-state index in [9.17, 15) is 5.26 Å². The van der Waals surface area contributed by atoms with Gasteiger partial charge in [-0.3, -0.25) is 4.98 Å². The predicted octanol–water partition coefficient (Wildman–Crippen LogP) is 3.00. The van der Waals surface area contributed by atoms with E-state index in [4.69, 9.17) is 5.73 Å². The van der Waals surface area contributed by atoms with Gasteiger partial charge in [0.15, 0.2) is 0 Å². The molecule has 3 rings (SSSR count). The van der Waals surface area contributed by atoms with E-state index in [-0.39, 0.29) is 0 Å². The maximum atomic E-state index is 9.51. The first-order valence-corrected chi connectivity index (χ1v) is 6.32. The highest BCUT2D eigenvalue weighted by Gasteiger charge is 2.16. The van der Waals surface area contributed by atoms with Crippen molar-refractivity contribution in [2.24, 2.45) is 7.05 Å². The second-order valence-electron chi connectivity index (χ2n) is 4.92. The molecule has 0 saturated heterocycles. The smallest absolute Gasteiger partial charge is 0.102 e. The molecule has 0 fully saturated rings. The molecule has 4 nitrogen and oxygen atoms in total. The SMILES string of the molecule is Cc1ccc2c(C#N)c(-c3cncc(N)c3)n(C)c2c1. The van der Waals surface area contributed by atoms with Crippen LogP contribution in [-0.4, -0.2) is 9.55 Å². The molecule has 0 atom stereocenters. The van der Waals surface area contributed by atoms with Crippen LogP contribution in [0.4, 0.5) is 5.69 Å². The third-order valence-electron chi connectivity index (χ3n) is 3.50. The highest BCUT2D eigenvalue weighted by Crippen LogP contribution is 2.33. The molecule has 2 N–H and O–H groups in total. The topological polar surface area (TPSA) is 67.6 Å². The summed E-state index contributed by atoms with van der Waals surface area (Å²) in [7, 11) is 1.96. The Labute approximate surface area is 117 Å².